The second kappa shape index (κ2) is 7.95. The summed E-state index contributed by atoms with van der Waals surface area (Å²) in [5.74, 6) is 0. The van der Waals surface area contributed by atoms with Crippen molar-refractivity contribution in [3.8, 4) is 0 Å². The van der Waals surface area contributed by atoms with Crippen LogP contribution in [-0.4, -0.2) is 47.7 Å². The van der Waals surface area contributed by atoms with Crippen molar-refractivity contribution in [2.75, 3.05) is 31.7 Å². The predicted molar refractivity (Wildman–Crippen MR) is 90.4 cm³/mol. The van der Waals surface area contributed by atoms with Crippen molar-refractivity contribution >= 4 is 29.5 Å². The van der Waals surface area contributed by atoms with E-state index in [9.17, 15) is 9.67 Å². The summed E-state index contributed by atoms with van der Waals surface area (Å²) in [6.45, 7) is 3.90. The van der Waals surface area contributed by atoms with Crippen LogP contribution in [0.2, 0.25) is 0 Å². The number of rotatable bonds is 9. The van der Waals surface area contributed by atoms with E-state index in [-0.39, 0.29) is 26.4 Å². The monoisotopic (exact) mass is 342 g/mol. The van der Waals surface area contributed by atoms with Crippen LogP contribution in [0.25, 0.3) is 10.9 Å². The van der Waals surface area contributed by atoms with Crippen molar-refractivity contribution < 1.29 is 23.8 Å². The molecule has 0 bridgehead atoms. The van der Waals surface area contributed by atoms with E-state index < -0.39 is 13.7 Å². The molecule has 0 saturated heterocycles. The second-order valence-electron chi connectivity index (χ2n) is 4.98. The molecule has 0 saturated carbocycles. The number of nitrogens with one attached hydrogen (secondary N) is 2. The summed E-state index contributed by atoms with van der Waals surface area (Å²) in [6, 6.07) is 5.32. The Bertz CT molecular complexity index is 678. The summed E-state index contributed by atoms with van der Waals surface area (Å²) in [6.07, 6.45) is 0.896. The summed E-state index contributed by atoms with van der Waals surface area (Å²) in [4.78, 5) is 3.07. The molecule has 0 amide bonds. The van der Waals surface area contributed by atoms with E-state index in [2.05, 4.69) is 10.3 Å². The first kappa shape index (κ1) is 18.0. The highest BCUT2D eigenvalue weighted by atomic mass is 31.2. The highest BCUT2D eigenvalue weighted by Gasteiger charge is 2.28. The molecule has 128 valence electrons. The predicted octanol–water partition coefficient (Wildman–Crippen LogP) is 1.82. The number of hydrogen-bond donors (Lipinski definition) is 4. The SMILES string of the molecule is CCOP(=O)(OCC)c1cc(NCC(O)CO)c2cc[nH]c2c1. The van der Waals surface area contributed by atoms with Crippen LogP contribution < -0.4 is 10.6 Å². The molecule has 8 heteroatoms. The molecule has 0 fully saturated rings. The lowest BCUT2D eigenvalue weighted by molar-refractivity contribution is 0.105. The van der Waals surface area contributed by atoms with Gasteiger partial charge in [-0.05, 0) is 32.0 Å². The molecule has 1 heterocycles. The zero-order valence-electron chi connectivity index (χ0n) is 13.3. The normalized spacial score (nSPS) is 13.4. The van der Waals surface area contributed by atoms with Crippen LogP contribution in [0.1, 0.15) is 13.8 Å². The molecule has 0 aliphatic heterocycles. The number of aromatic amines is 1. The van der Waals surface area contributed by atoms with Gasteiger partial charge in [0.05, 0.1) is 31.2 Å². The van der Waals surface area contributed by atoms with Crippen molar-refractivity contribution in [3.63, 3.8) is 0 Å². The number of fused-ring (bicyclic) bond motifs is 1. The van der Waals surface area contributed by atoms with Gasteiger partial charge in [-0.3, -0.25) is 4.57 Å². The number of aliphatic hydroxyl groups excluding tert-OH is 2. The maximum atomic E-state index is 13.0. The van der Waals surface area contributed by atoms with Gasteiger partial charge in [0.25, 0.3) is 0 Å². The van der Waals surface area contributed by atoms with E-state index in [1.165, 1.54) is 0 Å². The Hall–Kier alpha value is -1.37. The van der Waals surface area contributed by atoms with E-state index in [1.807, 2.05) is 6.07 Å². The molecule has 1 aromatic carbocycles. The Morgan fingerprint density at radius 1 is 1.30 bits per heavy atom. The lowest BCUT2D eigenvalue weighted by atomic mass is 10.2. The second-order valence-corrected chi connectivity index (χ2v) is 7.01. The van der Waals surface area contributed by atoms with Crippen molar-refractivity contribution in [2.24, 2.45) is 0 Å². The average Bonchev–Trinajstić information content (AvgIpc) is 3.01. The molecule has 2 aromatic rings. The third-order valence-corrected chi connectivity index (χ3v) is 5.39. The van der Waals surface area contributed by atoms with Gasteiger partial charge in [-0.15, -0.1) is 0 Å². The summed E-state index contributed by atoms with van der Waals surface area (Å²) >= 11 is 0. The molecule has 0 aliphatic rings. The minimum absolute atomic E-state index is 0.174. The van der Waals surface area contributed by atoms with E-state index in [4.69, 9.17) is 14.2 Å². The standard InChI is InChI=1S/C15H23N2O5P/c1-3-21-23(20,22-4-2)12-7-14-13(5-6-16-14)15(8-12)17-9-11(19)10-18/h5-8,11,16-19H,3-4,9-10H2,1-2H3. The summed E-state index contributed by atoms with van der Waals surface area (Å²) in [7, 11) is -3.40. The Morgan fingerprint density at radius 2 is 2.00 bits per heavy atom. The topological polar surface area (TPSA) is 104 Å². The Morgan fingerprint density at radius 3 is 2.61 bits per heavy atom. The maximum Gasteiger partial charge on any atom is 0.361 e. The third-order valence-electron chi connectivity index (χ3n) is 3.31. The third kappa shape index (κ3) is 4.13. The van der Waals surface area contributed by atoms with Gasteiger partial charge in [0.2, 0.25) is 0 Å². The minimum atomic E-state index is -3.40. The zero-order valence-corrected chi connectivity index (χ0v) is 14.2. The first-order valence-corrected chi connectivity index (χ1v) is 9.12. The summed E-state index contributed by atoms with van der Waals surface area (Å²) in [5.41, 5.74) is 1.47. The first-order chi connectivity index (χ1) is 11.0. The minimum Gasteiger partial charge on any atom is -0.394 e. The van der Waals surface area contributed by atoms with Crippen LogP contribution in [0.15, 0.2) is 24.4 Å². The van der Waals surface area contributed by atoms with Crippen molar-refractivity contribution in [3.05, 3.63) is 24.4 Å². The molecule has 2 rings (SSSR count). The Balaban J connectivity index is 2.42. The van der Waals surface area contributed by atoms with E-state index in [0.29, 0.717) is 11.0 Å². The van der Waals surface area contributed by atoms with E-state index in [1.54, 1.807) is 32.2 Å². The Labute approximate surface area is 135 Å². The van der Waals surface area contributed by atoms with Crippen LogP contribution in [0.5, 0.6) is 0 Å². The summed E-state index contributed by atoms with van der Waals surface area (Å²) < 4.78 is 23.7. The molecule has 7 nitrogen and oxygen atoms in total. The van der Waals surface area contributed by atoms with Crippen molar-refractivity contribution in [2.45, 2.75) is 20.0 Å². The number of H-pyrrole nitrogens is 1. The van der Waals surface area contributed by atoms with Gasteiger partial charge in [0.15, 0.2) is 0 Å². The van der Waals surface area contributed by atoms with Gasteiger partial charge in [-0.25, -0.2) is 0 Å². The van der Waals surface area contributed by atoms with E-state index >= 15 is 0 Å². The Kier molecular flexibility index (Phi) is 6.21. The van der Waals surface area contributed by atoms with Gasteiger partial charge in [0.1, 0.15) is 0 Å². The molecular weight excluding hydrogens is 319 g/mol. The average molecular weight is 342 g/mol. The molecule has 4 N–H and O–H groups in total. The zero-order chi connectivity index (χ0) is 16.9. The first-order valence-electron chi connectivity index (χ1n) is 7.57. The molecule has 0 spiro atoms. The highest BCUT2D eigenvalue weighted by Crippen LogP contribution is 2.47. The van der Waals surface area contributed by atoms with Crippen molar-refractivity contribution in [1.29, 1.82) is 0 Å². The molecule has 23 heavy (non-hydrogen) atoms. The number of hydrogen-bond acceptors (Lipinski definition) is 6. The van der Waals surface area contributed by atoms with Crippen LogP contribution in [0.3, 0.4) is 0 Å². The van der Waals surface area contributed by atoms with Crippen LogP contribution >= 0.6 is 7.60 Å². The lowest BCUT2D eigenvalue weighted by Gasteiger charge is -2.19. The molecule has 1 atom stereocenters. The molecule has 1 aromatic heterocycles. The molecule has 0 aliphatic carbocycles. The van der Waals surface area contributed by atoms with E-state index in [0.717, 1.165) is 10.9 Å². The van der Waals surface area contributed by atoms with Crippen LogP contribution in [0.4, 0.5) is 5.69 Å². The van der Waals surface area contributed by atoms with Crippen LogP contribution in [-0.2, 0) is 13.6 Å². The number of benzene rings is 1. The van der Waals surface area contributed by atoms with Gasteiger partial charge in [0, 0.05) is 29.3 Å². The number of aromatic nitrogens is 1. The quantitative estimate of drug-likeness (QED) is 0.518. The van der Waals surface area contributed by atoms with Gasteiger partial charge < -0.3 is 29.6 Å². The number of aliphatic hydroxyl groups is 2. The fourth-order valence-corrected chi connectivity index (χ4v) is 3.90. The fourth-order valence-electron chi connectivity index (χ4n) is 2.27. The largest absolute Gasteiger partial charge is 0.394 e. The maximum absolute atomic E-state index is 13.0. The smallest absolute Gasteiger partial charge is 0.361 e. The number of anilines is 1. The fraction of sp³-hybridized carbons (Fsp3) is 0.467. The molecule has 1 unspecified atom stereocenters. The summed E-state index contributed by atoms with van der Waals surface area (Å²) in [5, 5.41) is 22.8. The molecular formula is C15H23N2O5P. The van der Waals surface area contributed by atoms with Crippen LogP contribution in [0, 0.1) is 0 Å². The van der Waals surface area contributed by atoms with Gasteiger partial charge in [-0.2, -0.15) is 0 Å². The van der Waals surface area contributed by atoms with Gasteiger partial charge in [-0.1, -0.05) is 0 Å². The van der Waals surface area contributed by atoms with Gasteiger partial charge >= 0.3 is 7.60 Å². The highest BCUT2D eigenvalue weighted by molar-refractivity contribution is 7.62. The van der Waals surface area contributed by atoms with Crippen molar-refractivity contribution in [1.82, 2.24) is 4.98 Å². The lowest BCUT2D eigenvalue weighted by Crippen LogP contribution is -2.23. The molecule has 0 radical (unpaired) electrons.